The van der Waals surface area contributed by atoms with Crippen LogP contribution in [0.1, 0.15) is 15.9 Å². The van der Waals surface area contributed by atoms with Gasteiger partial charge in [0.1, 0.15) is 5.75 Å². The molecule has 0 atom stereocenters. The minimum Gasteiger partial charge on any atom is -0.496 e. The Labute approximate surface area is 149 Å². The van der Waals surface area contributed by atoms with Crippen molar-refractivity contribution in [3.05, 3.63) is 69.8 Å². The Morgan fingerprint density at radius 1 is 1.15 bits per heavy atom. The Morgan fingerprint density at radius 2 is 1.92 bits per heavy atom. The third kappa shape index (κ3) is 5.30. The number of esters is 1. The normalized spacial score (nSPS) is 10.0. The van der Waals surface area contributed by atoms with Gasteiger partial charge in [-0.2, -0.15) is 0 Å². The molecule has 2 aromatic rings. The second-order valence-corrected chi connectivity index (χ2v) is 5.30. The molecule has 0 spiro atoms. The van der Waals surface area contributed by atoms with E-state index in [9.17, 15) is 19.7 Å². The number of nitrogens with one attached hydrogen (secondary N) is 1. The fraction of sp³-hybridized carbons (Fsp3) is 0.222. The van der Waals surface area contributed by atoms with Crippen molar-refractivity contribution in [2.75, 3.05) is 20.3 Å². The fourth-order valence-electron chi connectivity index (χ4n) is 2.26. The number of carbonyl (C=O) groups excluding carboxylic acids is 2. The summed E-state index contributed by atoms with van der Waals surface area (Å²) in [6.45, 7) is -0.110. The van der Waals surface area contributed by atoms with Crippen LogP contribution < -0.4 is 10.1 Å². The predicted octanol–water partition coefficient (Wildman–Crippen LogP) is 2.12. The highest BCUT2D eigenvalue weighted by molar-refractivity contribution is 5.91. The van der Waals surface area contributed by atoms with Gasteiger partial charge in [0.25, 0.3) is 11.6 Å². The average Bonchev–Trinajstić information content (AvgIpc) is 2.66. The van der Waals surface area contributed by atoms with Gasteiger partial charge in [0.2, 0.25) is 0 Å². The minimum atomic E-state index is -0.798. The number of hydrogen-bond donors (Lipinski definition) is 1. The summed E-state index contributed by atoms with van der Waals surface area (Å²) in [6, 6.07) is 12.6. The first kappa shape index (κ1) is 18.9. The average molecular weight is 358 g/mol. The first-order valence-corrected chi connectivity index (χ1v) is 7.81. The van der Waals surface area contributed by atoms with Crippen molar-refractivity contribution in [2.45, 2.75) is 6.42 Å². The Kier molecular flexibility index (Phi) is 6.67. The number of para-hydroxylation sites is 1. The molecule has 0 saturated heterocycles. The number of hydrogen-bond acceptors (Lipinski definition) is 6. The second-order valence-electron chi connectivity index (χ2n) is 5.30. The number of rotatable bonds is 8. The van der Waals surface area contributed by atoms with Crippen molar-refractivity contribution in [1.29, 1.82) is 0 Å². The lowest BCUT2D eigenvalue weighted by Gasteiger charge is -2.09. The summed E-state index contributed by atoms with van der Waals surface area (Å²) < 4.78 is 10.1. The smallest absolute Gasteiger partial charge is 0.338 e. The van der Waals surface area contributed by atoms with Gasteiger partial charge in [0, 0.05) is 18.7 Å². The summed E-state index contributed by atoms with van der Waals surface area (Å²) in [5, 5.41) is 13.3. The Balaban J connectivity index is 1.79. The molecule has 0 fully saturated rings. The van der Waals surface area contributed by atoms with Crippen molar-refractivity contribution in [1.82, 2.24) is 5.32 Å². The number of benzene rings is 2. The predicted molar refractivity (Wildman–Crippen MR) is 93.1 cm³/mol. The van der Waals surface area contributed by atoms with Crippen LogP contribution >= 0.6 is 0 Å². The number of nitro groups is 1. The van der Waals surface area contributed by atoms with Crippen LogP contribution in [-0.4, -0.2) is 37.1 Å². The highest BCUT2D eigenvalue weighted by Gasteiger charge is 2.14. The number of carbonyl (C=O) groups is 2. The van der Waals surface area contributed by atoms with Crippen LogP contribution in [0.25, 0.3) is 0 Å². The molecule has 0 unspecified atom stereocenters. The topological polar surface area (TPSA) is 108 Å². The zero-order chi connectivity index (χ0) is 18.9. The molecule has 2 rings (SSSR count). The van der Waals surface area contributed by atoms with Crippen LogP contribution in [0, 0.1) is 10.1 Å². The van der Waals surface area contributed by atoms with Crippen LogP contribution in [0.4, 0.5) is 5.69 Å². The van der Waals surface area contributed by atoms with E-state index >= 15 is 0 Å². The van der Waals surface area contributed by atoms with E-state index in [0.29, 0.717) is 13.0 Å². The van der Waals surface area contributed by atoms with E-state index < -0.39 is 23.4 Å². The SMILES string of the molecule is COc1ccccc1CCNC(=O)COC(=O)c1cccc([N+](=O)[O-])c1. The molecule has 136 valence electrons. The van der Waals surface area contributed by atoms with E-state index in [0.717, 1.165) is 17.4 Å². The summed E-state index contributed by atoms with van der Waals surface area (Å²) in [5.74, 6) is -0.522. The number of methoxy groups -OCH3 is 1. The third-order valence-electron chi connectivity index (χ3n) is 3.54. The first-order chi connectivity index (χ1) is 12.5. The molecule has 0 heterocycles. The van der Waals surface area contributed by atoms with Gasteiger partial charge >= 0.3 is 5.97 Å². The van der Waals surface area contributed by atoms with Crippen molar-refractivity contribution in [3.63, 3.8) is 0 Å². The number of nitrogens with zero attached hydrogens (tertiary/aromatic N) is 1. The molecule has 0 bridgehead atoms. The number of amides is 1. The molecule has 1 amide bonds. The molecule has 2 aromatic carbocycles. The molecule has 1 N–H and O–H groups in total. The third-order valence-corrected chi connectivity index (χ3v) is 3.54. The van der Waals surface area contributed by atoms with E-state index in [1.54, 1.807) is 7.11 Å². The molecule has 26 heavy (non-hydrogen) atoms. The van der Waals surface area contributed by atoms with Gasteiger partial charge in [-0.15, -0.1) is 0 Å². The summed E-state index contributed by atoms with van der Waals surface area (Å²) in [6.07, 6.45) is 0.564. The fourth-order valence-corrected chi connectivity index (χ4v) is 2.26. The van der Waals surface area contributed by atoms with Gasteiger partial charge in [-0.25, -0.2) is 4.79 Å². The molecular weight excluding hydrogens is 340 g/mol. The molecule has 0 saturated carbocycles. The summed E-state index contributed by atoms with van der Waals surface area (Å²) in [4.78, 5) is 33.7. The van der Waals surface area contributed by atoms with Crippen LogP contribution in [0.3, 0.4) is 0 Å². The zero-order valence-electron chi connectivity index (χ0n) is 14.1. The minimum absolute atomic E-state index is 0.0148. The maximum Gasteiger partial charge on any atom is 0.338 e. The molecule has 0 aromatic heterocycles. The highest BCUT2D eigenvalue weighted by atomic mass is 16.6. The van der Waals surface area contributed by atoms with Crippen LogP contribution in [-0.2, 0) is 16.0 Å². The molecule has 8 heteroatoms. The lowest BCUT2D eigenvalue weighted by atomic mass is 10.1. The van der Waals surface area contributed by atoms with E-state index in [4.69, 9.17) is 9.47 Å². The quantitative estimate of drug-likeness (QED) is 0.440. The molecular formula is C18H18N2O6. The van der Waals surface area contributed by atoms with Crippen molar-refractivity contribution >= 4 is 17.6 Å². The van der Waals surface area contributed by atoms with E-state index in [-0.39, 0.29) is 11.3 Å². The standard InChI is InChI=1S/C18H18N2O6/c1-25-16-8-3-2-5-13(16)9-10-19-17(21)12-26-18(22)14-6-4-7-15(11-14)20(23)24/h2-8,11H,9-10,12H2,1H3,(H,19,21). The van der Waals surface area contributed by atoms with E-state index in [1.165, 1.54) is 18.2 Å². The highest BCUT2D eigenvalue weighted by Crippen LogP contribution is 2.17. The van der Waals surface area contributed by atoms with Crippen molar-refractivity contribution in [2.24, 2.45) is 0 Å². The summed E-state index contributed by atoms with van der Waals surface area (Å²) >= 11 is 0. The summed E-state index contributed by atoms with van der Waals surface area (Å²) in [7, 11) is 1.57. The number of nitro benzene ring substituents is 1. The molecule has 0 radical (unpaired) electrons. The van der Waals surface area contributed by atoms with Gasteiger partial charge in [-0.05, 0) is 24.1 Å². The Morgan fingerprint density at radius 3 is 2.65 bits per heavy atom. The molecule has 8 nitrogen and oxygen atoms in total. The van der Waals surface area contributed by atoms with Crippen molar-refractivity contribution in [3.8, 4) is 5.75 Å². The van der Waals surface area contributed by atoms with Crippen LogP contribution in [0.2, 0.25) is 0 Å². The van der Waals surface area contributed by atoms with Crippen LogP contribution in [0.5, 0.6) is 5.75 Å². The Hall–Kier alpha value is -3.42. The first-order valence-electron chi connectivity index (χ1n) is 7.81. The number of non-ortho nitro benzene ring substituents is 1. The maximum absolute atomic E-state index is 11.9. The van der Waals surface area contributed by atoms with E-state index in [2.05, 4.69) is 5.32 Å². The summed E-state index contributed by atoms with van der Waals surface area (Å²) in [5.41, 5.74) is 0.741. The second kappa shape index (κ2) is 9.16. The van der Waals surface area contributed by atoms with Gasteiger partial charge < -0.3 is 14.8 Å². The van der Waals surface area contributed by atoms with Gasteiger partial charge in [-0.3, -0.25) is 14.9 Å². The maximum atomic E-state index is 11.9. The lowest BCUT2D eigenvalue weighted by Crippen LogP contribution is -2.30. The Bertz CT molecular complexity index is 806. The van der Waals surface area contributed by atoms with Crippen LogP contribution in [0.15, 0.2) is 48.5 Å². The van der Waals surface area contributed by atoms with E-state index in [1.807, 2.05) is 24.3 Å². The zero-order valence-corrected chi connectivity index (χ0v) is 14.1. The van der Waals surface area contributed by atoms with Gasteiger partial charge in [0.05, 0.1) is 17.6 Å². The lowest BCUT2D eigenvalue weighted by molar-refractivity contribution is -0.384. The monoisotopic (exact) mass is 358 g/mol. The molecule has 0 aliphatic heterocycles. The van der Waals surface area contributed by atoms with Gasteiger partial charge in [0.15, 0.2) is 6.61 Å². The molecule has 0 aliphatic rings. The largest absolute Gasteiger partial charge is 0.496 e. The van der Waals surface area contributed by atoms with Crippen molar-refractivity contribution < 1.29 is 24.0 Å². The van der Waals surface area contributed by atoms with Gasteiger partial charge in [-0.1, -0.05) is 24.3 Å². The molecule has 0 aliphatic carbocycles. The number of ether oxygens (including phenoxy) is 2.